The topological polar surface area (TPSA) is 188 Å². The number of nitrogens with two attached hydrogens (primary N) is 1. The highest BCUT2D eigenvalue weighted by Gasteiger charge is 2.63. The minimum absolute atomic E-state index is 0.00196. The second-order valence-corrected chi connectivity index (χ2v) is 15.2. The molecule has 0 saturated carbocycles. The number of phenols is 1. The van der Waals surface area contributed by atoms with Crippen LogP contribution in [-0.4, -0.2) is 112 Å². The molecule has 4 aliphatic rings. The summed E-state index contributed by atoms with van der Waals surface area (Å²) in [6.45, 7) is 2.86. The monoisotopic (exact) mass is 680 g/mol. The van der Waals surface area contributed by atoms with Crippen LogP contribution in [0.25, 0.3) is 10.4 Å². The molecule has 2 heterocycles. The molecule has 4 unspecified atom stereocenters. The van der Waals surface area contributed by atoms with Gasteiger partial charge in [-0.05, 0) is 94.9 Å². The summed E-state index contributed by atoms with van der Waals surface area (Å²) in [5.74, 6) is -6.11. The number of aromatic hydroxyl groups is 1. The number of rotatable bonds is 8. The summed E-state index contributed by atoms with van der Waals surface area (Å²) in [7, 11) is 6.90. The molecule has 1 saturated heterocycles. The third-order valence-corrected chi connectivity index (χ3v) is 11.8. The van der Waals surface area contributed by atoms with E-state index in [9.17, 15) is 39.9 Å². The average Bonchev–Trinajstić information content (AvgIpc) is 3.47. The van der Waals surface area contributed by atoms with E-state index < -0.39 is 58.0 Å². The van der Waals surface area contributed by atoms with E-state index in [0.717, 1.165) is 48.7 Å². The zero-order chi connectivity index (χ0) is 34.8. The number of ketones is 2. The van der Waals surface area contributed by atoms with Gasteiger partial charge in [0.1, 0.15) is 22.8 Å². The van der Waals surface area contributed by atoms with Crippen LogP contribution in [0.15, 0.2) is 40.9 Å². The van der Waals surface area contributed by atoms with Crippen molar-refractivity contribution in [3.63, 3.8) is 0 Å². The van der Waals surface area contributed by atoms with Crippen molar-refractivity contribution >= 4 is 34.5 Å². The molecule has 1 fully saturated rings. The summed E-state index contributed by atoms with van der Waals surface area (Å²) in [5.41, 5.74) is 3.52. The SMILES string of the molecule is CN(C)c1cc(-c2ccc(CN3CCC(CCO)CC3)s2)c(O)c2c1CC1CC3C(N(C)C)C(O)=C(C(N)=O)C(=O)C3(O)C(O)=C1C2=O. The van der Waals surface area contributed by atoms with Crippen molar-refractivity contribution in [3.05, 3.63) is 56.9 Å². The van der Waals surface area contributed by atoms with Crippen molar-refractivity contribution in [2.24, 2.45) is 23.5 Å². The molecule has 6 rings (SSSR count). The average molecular weight is 681 g/mol. The first-order valence-corrected chi connectivity index (χ1v) is 17.1. The second kappa shape index (κ2) is 12.6. The fraction of sp³-hybridized carbons (Fsp3) is 0.514. The van der Waals surface area contributed by atoms with Crippen LogP contribution in [0.1, 0.15) is 46.5 Å². The van der Waals surface area contributed by atoms with Crippen molar-refractivity contribution in [3.8, 4) is 16.2 Å². The normalized spacial score (nSPS) is 26.5. The van der Waals surface area contributed by atoms with Gasteiger partial charge in [-0.25, -0.2) is 0 Å². The number of carbonyl (C=O) groups excluding carboxylic acids is 3. The van der Waals surface area contributed by atoms with Crippen LogP contribution >= 0.6 is 11.3 Å². The number of likely N-dealkylation sites (N-methyl/N-ethyl adjacent to an activating group) is 1. The van der Waals surface area contributed by atoms with Crippen molar-refractivity contribution in [1.82, 2.24) is 9.80 Å². The Morgan fingerprint density at radius 1 is 1.10 bits per heavy atom. The van der Waals surface area contributed by atoms with Crippen LogP contribution in [0.2, 0.25) is 0 Å². The molecule has 258 valence electrons. The number of hydrogen-bond acceptors (Lipinski definition) is 12. The number of primary amides is 1. The van der Waals surface area contributed by atoms with E-state index in [4.69, 9.17) is 5.73 Å². The Kier molecular flexibility index (Phi) is 8.96. The van der Waals surface area contributed by atoms with Crippen LogP contribution in [-0.2, 0) is 22.6 Å². The predicted molar refractivity (Wildman–Crippen MR) is 181 cm³/mol. The Morgan fingerprint density at radius 3 is 2.40 bits per heavy atom. The van der Waals surface area contributed by atoms with Gasteiger partial charge < -0.3 is 36.2 Å². The summed E-state index contributed by atoms with van der Waals surface area (Å²) in [4.78, 5) is 48.0. The standard InChI is InChI=1S/C35H44N4O8S/c1-37(2)23-15-21(24-6-5-19(48-24)16-39-10-7-17(8-11-39)9-12-40)29(41)26-20(23)13-18-14-22-28(38(3)4)31(43)27(34(36)46)33(45)35(22,47)32(44)25(18)30(26)42/h5-6,15,17-18,22,28,40-41,43-44,47H,7-14,16H2,1-4H3,(H2,36,46). The smallest absolute Gasteiger partial charge is 0.255 e. The molecule has 1 aliphatic heterocycles. The number of aliphatic hydroxyl groups is 4. The Balaban J connectivity index is 1.40. The van der Waals surface area contributed by atoms with Gasteiger partial charge in [-0.15, -0.1) is 11.3 Å². The van der Waals surface area contributed by atoms with Crippen LogP contribution in [0.5, 0.6) is 5.75 Å². The van der Waals surface area contributed by atoms with Crippen LogP contribution < -0.4 is 10.6 Å². The highest BCUT2D eigenvalue weighted by Crippen LogP contribution is 2.54. The lowest BCUT2D eigenvalue weighted by Crippen LogP contribution is -2.63. The first-order chi connectivity index (χ1) is 22.7. The lowest BCUT2D eigenvalue weighted by atomic mass is 9.58. The molecule has 48 heavy (non-hydrogen) atoms. The Morgan fingerprint density at radius 2 is 1.79 bits per heavy atom. The lowest BCUT2D eigenvalue weighted by molar-refractivity contribution is -0.148. The fourth-order valence-corrected chi connectivity index (χ4v) is 9.40. The number of amides is 1. The van der Waals surface area contributed by atoms with Crippen molar-refractivity contribution in [1.29, 1.82) is 0 Å². The molecule has 0 radical (unpaired) electrons. The zero-order valence-corrected chi connectivity index (χ0v) is 28.5. The summed E-state index contributed by atoms with van der Waals surface area (Å²) in [6, 6.07) is 4.77. The van der Waals surface area contributed by atoms with Crippen LogP contribution in [0, 0.1) is 17.8 Å². The lowest BCUT2D eigenvalue weighted by Gasteiger charge is -2.50. The van der Waals surface area contributed by atoms with E-state index in [2.05, 4.69) is 4.90 Å². The molecule has 3 aliphatic carbocycles. The van der Waals surface area contributed by atoms with Gasteiger partial charge in [0.05, 0.1) is 11.6 Å². The van der Waals surface area contributed by atoms with E-state index in [1.165, 1.54) is 16.2 Å². The molecule has 1 amide bonds. The number of Topliss-reactive ketones (excluding diaryl/α,β-unsaturated/α-hetero) is 2. The van der Waals surface area contributed by atoms with Crippen LogP contribution in [0.3, 0.4) is 0 Å². The summed E-state index contributed by atoms with van der Waals surface area (Å²) >= 11 is 1.53. The third kappa shape index (κ3) is 5.32. The molecular formula is C35H44N4O8S. The number of carbonyl (C=O) groups is 3. The van der Waals surface area contributed by atoms with Crippen LogP contribution in [0.4, 0.5) is 5.69 Å². The quantitative estimate of drug-likeness (QED) is 0.225. The predicted octanol–water partition coefficient (Wildman–Crippen LogP) is 2.51. The molecule has 2 aromatic rings. The van der Waals surface area contributed by atoms with E-state index >= 15 is 0 Å². The van der Waals surface area contributed by atoms with Gasteiger partial charge in [0.25, 0.3) is 5.91 Å². The van der Waals surface area contributed by atoms with Gasteiger partial charge in [0, 0.05) is 59.7 Å². The Bertz CT molecular complexity index is 1740. The number of benzene rings is 1. The number of piperidine rings is 1. The minimum Gasteiger partial charge on any atom is -0.510 e. The summed E-state index contributed by atoms with van der Waals surface area (Å²) in [5, 5.41) is 55.6. The van der Waals surface area contributed by atoms with Gasteiger partial charge in [-0.1, -0.05) is 0 Å². The number of fused-ring (bicyclic) bond motifs is 3. The third-order valence-electron chi connectivity index (χ3n) is 10.7. The number of phenolic OH excluding ortho intramolecular Hbond substituents is 1. The van der Waals surface area contributed by atoms with E-state index in [-0.39, 0.29) is 36.3 Å². The van der Waals surface area contributed by atoms with E-state index in [1.54, 1.807) is 14.1 Å². The number of hydrogen-bond donors (Lipinski definition) is 6. The number of thiophene rings is 1. The Hall–Kier alpha value is -3.75. The van der Waals surface area contributed by atoms with Gasteiger partial charge >= 0.3 is 0 Å². The largest absolute Gasteiger partial charge is 0.510 e. The number of likely N-dealkylation sites (tertiary alicyclic amines) is 1. The second-order valence-electron chi connectivity index (χ2n) is 14.0. The van der Waals surface area contributed by atoms with E-state index in [1.807, 2.05) is 37.2 Å². The molecule has 0 spiro atoms. The van der Waals surface area contributed by atoms with Gasteiger partial charge in [-0.2, -0.15) is 0 Å². The molecule has 13 heteroatoms. The highest BCUT2D eigenvalue weighted by atomic mass is 32.1. The molecule has 1 aromatic carbocycles. The molecule has 12 nitrogen and oxygen atoms in total. The number of allylic oxidation sites excluding steroid dienone is 1. The maximum atomic E-state index is 14.4. The van der Waals surface area contributed by atoms with Crippen molar-refractivity contribution < 1.29 is 39.9 Å². The first kappa shape index (κ1) is 34.1. The molecular weight excluding hydrogens is 636 g/mol. The number of nitrogens with zero attached hydrogens (tertiary/aromatic N) is 3. The fourth-order valence-electron chi connectivity index (χ4n) is 8.33. The van der Waals surface area contributed by atoms with Crippen molar-refractivity contribution in [2.75, 3.05) is 52.8 Å². The number of anilines is 1. The zero-order valence-electron chi connectivity index (χ0n) is 27.7. The maximum absolute atomic E-state index is 14.4. The molecule has 4 atom stereocenters. The van der Waals surface area contributed by atoms with E-state index in [0.29, 0.717) is 22.7 Å². The molecule has 7 N–H and O–H groups in total. The van der Waals surface area contributed by atoms with Gasteiger partial charge in [0.2, 0.25) is 5.78 Å². The first-order valence-electron chi connectivity index (χ1n) is 16.3. The molecule has 0 bridgehead atoms. The maximum Gasteiger partial charge on any atom is 0.255 e. The number of aliphatic hydroxyl groups excluding tert-OH is 3. The Labute approximate surface area is 283 Å². The molecule has 1 aromatic heterocycles. The van der Waals surface area contributed by atoms with Gasteiger partial charge in [-0.3, -0.25) is 24.2 Å². The van der Waals surface area contributed by atoms with Crippen molar-refractivity contribution in [2.45, 2.75) is 50.3 Å². The van der Waals surface area contributed by atoms with Gasteiger partial charge in [0.15, 0.2) is 11.4 Å². The summed E-state index contributed by atoms with van der Waals surface area (Å²) < 4.78 is 0. The summed E-state index contributed by atoms with van der Waals surface area (Å²) in [6.07, 6.45) is 3.17. The minimum atomic E-state index is -2.68. The highest BCUT2D eigenvalue weighted by molar-refractivity contribution is 7.15.